The number of amides is 1. The molecule has 2 rings (SSSR count). The number of carboxylic acid groups (broad SMARTS) is 1. The van der Waals surface area contributed by atoms with Crippen LogP contribution in [0.4, 0.5) is 4.79 Å². The zero-order valence-corrected chi connectivity index (χ0v) is 13.0. The van der Waals surface area contributed by atoms with Crippen LogP contribution in [0.3, 0.4) is 0 Å². The molecule has 2 aromatic rings. The Bertz CT molecular complexity index is 742. The molecular weight excluding hydrogens is 306 g/mol. The Hall–Kier alpha value is -3.26. The molecule has 0 radical (unpaired) electrons. The number of alkyl carbamates (subject to hydrolysis) is 1. The van der Waals surface area contributed by atoms with Crippen molar-refractivity contribution in [3.8, 4) is 11.8 Å². The Morgan fingerprint density at radius 3 is 2.42 bits per heavy atom. The van der Waals surface area contributed by atoms with Gasteiger partial charge in [0.1, 0.15) is 6.61 Å². The molecule has 0 aliphatic heterocycles. The number of carbonyl (C=O) groups is 2. The summed E-state index contributed by atoms with van der Waals surface area (Å²) in [7, 11) is 0. The van der Waals surface area contributed by atoms with E-state index in [1.807, 2.05) is 30.3 Å². The molecule has 0 spiro atoms. The van der Waals surface area contributed by atoms with E-state index in [0.717, 1.165) is 11.1 Å². The topological polar surface area (TPSA) is 75.6 Å². The molecule has 0 saturated carbocycles. The van der Waals surface area contributed by atoms with Gasteiger partial charge in [-0.15, -0.1) is 0 Å². The minimum atomic E-state index is -0.965. The molecule has 122 valence electrons. The number of aromatic carboxylic acids is 1. The molecule has 5 nitrogen and oxygen atoms in total. The average Bonchev–Trinajstić information content (AvgIpc) is 2.61. The third-order valence-corrected chi connectivity index (χ3v) is 3.10. The summed E-state index contributed by atoms with van der Waals surface area (Å²) < 4.78 is 5.07. The molecule has 5 heteroatoms. The minimum absolute atomic E-state index is 0.225. The molecule has 0 aliphatic rings. The van der Waals surface area contributed by atoms with Crippen LogP contribution >= 0.6 is 0 Å². The summed E-state index contributed by atoms with van der Waals surface area (Å²) in [5, 5.41) is 11.4. The predicted octanol–water partition coefficient (Wildman–Crippen LogP) is 3.05. The van der Waals surface area contributed by atoms with E-state index >= 15 is 0 Å². The molecule has 0 fully saturated rings. The summed E-state index contributed by atoms with van der Waals surface area (Å²) >= 11 is 0. The molecule has 0 atom stereocenters. The summed E-state index contributed by atoms with van der Waals surface area (Å²) in [4.78, 5) is 22.2. The first-order valence-electron chi connectivity index (χ1n) is 7.42. The highest BCUT2D eigenvalue weighted by Gasteiger charge is 2.01. The van der Waals surface area contributed by atoms with E-state index in [-0.39, 0.29) is 12.2 Å². The maximum absolute atomic E-state index is 11.5. The fourth-order valence-electron chi connectivity index (χ4n) is 1.86. The molecule has 2 aromatic carbocycles. The molecular formula is C19H17NO4. The van der Waals surface area contributed by atoms with Gasteiger partial charge in [0.05, 0.1) is 5.56 Å². The summed E-state index contributed by atoms with van der Waals surface area (Å²) in [6.45, 7) is 0.613. The van der Waals surface area contributed by atoms with Gasteiger partial charge < -0.3 is 15.2 Å². The van der Waals surface area contributed by atoms with Gasteiger partial charge in [0, 0.05) is 18.5 Å². The van der Waals surface area contributed by atoms with E-state index in [4.69, 9.17) is 9.84 Å². The Morgan fingerprint density at radius 1 is 1.04 bits per heavy atom. The van der Waals surface area contributed by atoms with E-state index < -0.39 is 12.1 Å². The van der Waals surface area contributed by atoms with Gasteiger partial charge in [0.15, 0.2) is 0 Å². The maximum atomic E-state index is 11.5. The van der Waals surface area contributed by atoms with E-state index in [0.29, 0.717) is 13.0 Å². The molecule has 24 heavy (non-hydrogen) atoms. The lowest BCUT2D eigenvalue weighted by atomic mass is 10.1. The summed E-state index contributed by atoms with van der Waals surface area (Å²) in [6.07, 6.45) is -0.00679. The van der Waals surface area contributed by atoms with Crippen LogP contribution in [0.5, 0.6) is 0 Å². The molecule has 1 amide bonds. The second kappa shape index (κ2) is 9.01. The van der Waals surface area contributed by atoms with Crippen molar-refractivity contribution in [2.45, 2.75) is 13.0 Å². The number of nitrogens with one attached hydrogen (secondary N) is 1. The normalized spacial score (nSPS) is 9.50. The van der Waals surface area contributed by atoms with Crippen LogP contribution in [0.25, 0.3) is 0 Å². The quantitative estimate of drug-likeness (QED) is 0.655. The number of hydrogen-bond acceptors (Lipinski definition) is 3. The highest BCUT2D eigenvalue weighted by molar-refractivity contribution is 5.87. The molecule has 0 aliphatic carbocycles. The number of carboxylic acids is 1. The van der Waals surface area contributed by atoms with Crippen molar-refractivity contribution in [1.29, 1.82) is 0 Å². The average molecular weight is 323 g/mol. The first-order valence-corrected chi connectivity index (χ1v) is 7.42. The van der Waals surface area contributed by atoms with Gasteiger partial charge in [-0.2, -0.15) is 0 Å². The van der Waals surface area contributed by atoms with Crippen molar-refractivity contribution in [3.05, 3.63) is 71.3 Å². The Kier molecular flexibility index (Phi) is 6.42. The second-order valence-corrected chi connectivity index (χ2v) is 4.92. The van der Waals surface area contributed by atoms with Gasteiger partial charge in [0.2, 0.25) is 0 Å². The van der Waals surface area contributed by atoms with E-state index in [1.54, 1.807) is 12.1 Å². The van der Waals surface area contributed by atoms with Crippen molar-refractivity contribution in [2.75, 3.05) is 6.54 Å². The van der Waals surface area contributed by atoms with E-state index in [1.165, 1.54) is 12.1 Å². The SMILES string of the molecule is O=C(NCCC#Cc1ccc(C(=O)O)cc1)OCc1ccccc1. The molecule has 0 saturated heterocycles. The predicted molar refractivity (Wildman–Crippen MR) is 89.5 cm³/mol. The lowest BCUT2D eigenvalue weighted by Gasteiger charge is -2.05. The van der Waals surface area contributed by atoms with Gasteiger partial charge in [-0.1, -0.05) is 42.2 Å². The van der Waals surface area contributed by atoms with Crippen molar-refractivity contribution >= 4 is 12.1 Å². The van der Waals surface area contributed by atoms with Crippen molar-refractivity contribution in [2.24, 2.45) is 0 Å². The maximum Gasteiger partial charge on any atom is 0.407 e. The number of ether oxygens (including phenoxy) is 1. The Labute approximate surface area is 140 Å². The van der Waals surface area contributed by atoms with Crippen molar-refractivity contribution in [3.63, 3.8) is 0 Å². The third kappa shape index (κ3) is 5.85. The first-order chi connectivity index (χ1) is 11.6. The smallest absolute Gasteiger partial charge is 0.407 e. The largest absolute Gasteiger partial charge is 0.478 e. The Morgan fingerprint density at radius 2 is 1.75 bits per heavy atom. The molecule has 0 bridgehead atoms. The fraction of sp³-hybridized carbons (Fsp3) is 0.158. The third-order valence-electron chi connectivity index (χ3n) is 3.10. The van der Waals surface area contributed by atoms with Gasteiger partial charge >= 0.3 is 12.1 Å². The highest BCUT2D eigenvalue weighted by atomic mass is 16.5. The van der Waals surface area contributed by atoms with Crippen molar-refractivity contribution in [1.82, 2.24) is 5.32 Å². The summed E-state index contributed by atoms with van der Waals surface area (Å²) in [5.74, 6) is 4.85. The Balaban J connectivity index is 1.67. The zero-order valence-electron chi connectivity index (χ0n) is 13.0. The van der Waals surface area contributed by atoms with E-state index in [2.05, 4.69) is 17.2 Å². The lowest BCUT2D eigenvalue weighted by molar-refractivity contribution is 0.0697. The minimum Gasteiger partial charge on any atom is -0.478 e. The molecule has 0 aromatic heterocycles. The van der Waals surface area contributed by atoms with Crippen LogP contribution in [0.1, 0.15) is 27.9 Å². The van der Waals surface area contributed by atoms with Gasteiger partial charge in [0.25, 0.3) is 0 Å². The van der Waals surface area contributed by atoms with Crippen LogP contribution in [0.15, 0.2) is 54.6 Å². The number of rotatable bonds is 5. The van der Waals surface area contributed by atoms with Crippen LogP contribution < -0.4 is 5.32 Å². The number of hydrogen-bond donors (Lipinski definition) is 2. The number of carbonyl (C=O) groups excluding carboxylic acids is 1. The first kappa shape index (κ1) is 17.1. The van der Waals surface area contributed by atoms with Gasteiger partial charge in [-0.05, 0) is 29.8 Å². The molecule has 0 unspecified atom stereocenters. The zero-order chi connectivity index (χ0) is 17.2. The highest BCUT2D eigenvalue weighted by Crippen LogP contribution is 2.03. The van der Waals surface area contributed by atoms with Crippen LogP contribution in [0.2, 0.25) is 0 Å². The second-order valence-electron chi connectivity index (χ2n) is 4.92. The molecule has 0 heterocycles. The number of benzene rings is 2. The summed E-state index contributed by atoms with van der Waals surface area (Å²) in [5.41, 5.74) is 1.88. The van der Waals surface area contributed by atoms with Gasteiger partial charge in [-0.25, -0.2) is 9.59 Å². The van der Waals surface area contributed by atoms with Gasteiger partial charge in [-0.3, -0.25) is 0 Å². The van der Waals surface area contributed by atoms with Crippen LogP contribution in [-0.4, -0.2) is 23.7 Å². The van der Waals surface area contributed by atoms with Crippen LogP contribution in [0, 0.1) is 11.8 Å². The van der Waals surface area contributed by atoms with Crippen molar-refractivity contribution < 1.29 is 19.4 Å². The standard InChI is InChI=1S/C19H17NO4/c21-18(22)17-11-9-15(10-12-17)6-4-5-13-20-19(23)24-14-16-7-2-1-3-8-16/h1-3,7-12H,5,13-14H2,(H,20,23)(H,21,22). The van der Waals surface area contributed by atoms with Crippen LogP contribution in [-0.2, 0) is 11.3 Å². The lowest BCUT2D eigenvalue weighted by Crippen LogP contribution is -2.24. The fourth-order valence-corrected chi connectivity index (χ4v) is 1.86. The summed E-state index contributed by atoms with van der Waals surface area (Å²) in [6, 6.07) is 15.7. The molecule has 2 N–H and O–H groups in total. The monoisotopic (exact) mass is 323 g/mol. The van der Waals surface area contributed by atoms with E-state index in [9.17, 15) is 9.59 Å².